The third-order valence-electron chi connectivity index (χ3n) is 3.36. The van der Waals surface area contributed by atoms with Gasteiger partial charge >= 0.3 is 0 Å². The van der Waals surface area contributed by atoms with Crippen molar-refractivity contribution in [2.24, 2.45) is 4.99 Å². The smallest absolute Gasteiger partial charge is 0.162 e. The molecule has 0 bridgehead atoms. The highest BCUT2D eigenvalue weighted by Gasteiger charge is 2.48. The number of hydrogen-bond acceptors (Lipinski definition) is 7. The molecular weight excluding hydrogens is 256 g/mol. The maximum absolute atomic E-state index is 10.0. The van der Waals surface area contributed by atoms with Crippen LogP contribution in [0.3, 0.4) is 0 Å². The van der Waals surface area contributed by atoms with Crippen molar-refractivity contribution in [3.8, 4) is 0 Å². The lowest BCUT2D eigenvalue weighted by Crippen LogP contribution is -2.55. The SMILES string of the molecule is CCN(CC)C1=N[C@@H]2C(O)C(O)[C@@H](CO)O[C@@H]2S1. The third kappa shape index (κ3) is 2.37. The average molecular weight is 276 g/mol. The number of rotatable bonds is 3. The van der Waals surface area contributed by atoms with Crippen LogP contribution < -0.4 is 0 Å². The summed E-state index contributed by atoms with van der Waals surface area (Å²) >= 11 is 1.45. The molecule has 3 N–H and O–H groups in total. The Morgan fingerprint density at radius 3 is 2.50 bits per heavy atom. The lowest BCUT2D eigenvalue weighted by Gasteiger charge is -2.37. The minimum absolute atomic E-state index is 0.303. The lowest BCUT2D eigenvalue weighted by molar-refractivity contribution is -0.164. The van der Waals surface area contributed by atoms with Crippen LogP contribution in [-0.4, -0.2) is 74.9 Å². The minimum atomic E-state index is -1.09. The van der Waals surface area contributed by atoms with Crippen LogP contribution in [0.15, 0.2) is 4.99 Å². The summed E-state index contributed by atoms with van der Waals surface area (Å²) in [7, 11) is 0. The van der Waals surface area contributed by atoms with E-state index >= 15 is 0 Å². The molecule has 1 saturated heterocycles. The topological polar surface area (TPSA) is 85.5 Å². The second-order valence-corrected chi connectivity index (χ2v) is 5.46. The van der Waals surface area contributed by atoms with E-state index in [4.69, 9.17) is 9.84 Å². The van der Waals surface area contributed by atoms with E-state index in [0.29, 0.717) is 0 Å². The molecular formula is C11H20N2O4S. The Bertz CT molecular complexity index is 324. The van der Waals surface area contributed by atoms with Gasteiger partial charge in [-0.2, -0.15) is 0 Å². The number of fused-ring (bicyclic) bond motifs is 1. The highest BCUT2D eigenvalue weighted by molar-refractivity contribution is 8.14. The fraction of sp³-hybridized carbons (Fsp3) is 0.909. The van der Waals surface area contributed by atoms with Gasteiger partial charge in [-0.25, -0.2) is 0 Å². The molecule has 104 valence electrons. The van der Waals surface area contributed by atoms with Gasteiger partial charge in [0.05, 0.1) is 6.61 Å². The lowest BCUT2D eigenvalue weighted by atomic mass is 9.99. The Labute approximate surface area is 111 Å². The van der Waals surface area contributed by atoms with Crippen LogP contribution in [0.1, 0.15) is 13.8 Å². The first kappa shape index (κ1) is 14.1. The first-order chi connectivity index (χ1) is 8.62. The second-order valence-electron chi connectivity index (χ2n) is 4.40. The van der Waals surface area contributed by atoms with Gasteiger partial charge in [0.1, 0.15) is 29.8 Å². The minimum Gasteiger partial charge on any atom is -0.394 e. The van der Waals surface area contributed by atoms with Gasteiger partial charge in [0.25, 0.3) is 0 Å². The number of amidine groups is 1. The molecule has 2 unspecified atom stereocenters. The normalized spacial score (nSPS) is 39.4. The monoisotopic (exact) mass is 276 g/mol. The highest BCUT2D eigenvalue weighted by Crippen LogP contribution is 2.37. The van der Waals surface area contributed by atoms with E-state index < -0.39 is 24.4 Å². The van der Waals surface area contributed by atoms with Gasteiger partial charge in [-0.15, -0.1) is 0 Å². The molecule has 0 radical (unpaired) electrons. The van der Waals surface area contributed by atoms with E-state index in [1.54, 1.807) is 0 Å². The first-order valence-electron chi connectivity index (χ1n) is 6.24. The number of nitrogens with zero attached hydrogens (tertiary/aromatic N) is 2. The molecule has 0 aliphatic carbocycles. The standard InChI is InChI=1S/C11H20N2O4S/c1-3-13(4-2)11-12-7-9(16)8(15)6(5-14)17-10(7)18-11/h6-10,14-16H,3-5H2,1-2H3/t6-,7-,8?,9?,10-/m1/s1. The third-order valence-corrected chi connectivity index (χ3v) is 4.56. The van der Waals surface area contributed by atoms with Gasteiger partial charge in [-0.1, -0.05) is 11.8 Å². The van der Waals surface area contributed by atoms with Crippen LogP contribution in [-0.2, 0) is 4.74 Å². The van der Waals surface area contributed by atoms with E-state index in [-0.39, 0.29) is 12.0 Å². The Morgan fingerprint density at radius 1 is 1.28 bits per heavy atom. The molecule has 2 heterocycles. The van der Waals surface area contributed by atoms with E-state index in [1.807, 2.05) is 13.8 Å². The number of aliphatic hydroxyl groups excluding tert-OH is 3. The van der Waals surface area contributed by atoms with Crippen molar-refractivity contribution in [3.63, 3.8) is 0 Å². The predicted octanol–water partition coefficient (Wildman–Crippen LogP) is -0.761. The molecule has 2 rings (SSSR count). The summed E-state index contributed by atoms with van der Waals surface area (Å²) in [4.78, 5) is 6.52. The largest absolute Gasteiger partial charge is 0.394 e. The number of ether oxygens (including phenoxy) is 1. The van der Waals surface area contributed by atoms with Crippen LogP contribution in [0.5, 0.6) is 0 Å². The maximum Gasteiger partial charge on any atom is 0.162 e. The number of aliphatic imine (C=N–C) groups is 1. The summed E-state index contributed by atoms with van der Waals surface area (Å²) < 4.78 is 5.57. The van der Waals surface area contributed by atoms with Crippen LogP contribution in [0, 0.1) is 0 Å². The van der Waals surface area contributed by atoms with E-state index in [2.05, 4.69) is 9.89 Å². The van der Waals surface area contributed by atoms with Crippen molar-refractivity contribution in [1.29, 1.82) is 0 Å². The van der Waals surface area contributed by atoms with Crippen molar-refractivity contribution in [2.75, 3.05) is 19.7 Å². The molecule has 0 aromatic heterocycles. The molecule has 6 nitrogen and oxygen atoms in total. The Hall–Kier alpha value is -0.340. The Morgan fingerprint density at radius 2 is 1.94 bits per heavy atom. The fourth-order valence-corrected chi connectivity index (χ4v) is 3.57. The molecule has 0 spiro atoms. The first-order valence-corrected chi connectivity index (χ1v) is 7.12. The second kappa shape index (κ2) is 5.75. The van der Waals surface area contributed by atoms with Crippen LogP contribution in [0.2, 0.25) is 0 Å². The van der Waals surface area contributed by atoms with Crippen LogP contribution >= 0.6 is 11.8 Å². The van der Waals surface area contributed by atoms with E-state index in [9.17, 15) is 10.2 Å². The van der Waals surface area contributed by atoms with Crippen molar-refractivity contribution in [2.45, 2.75) is 43.6 Å². The average Bonchev–Trinajstić information content (AvgIpc) is 2.79. The summed E-state index contributed by atoms with van der Waals surface area (Å²) in [6.07, 6.45) is -2.81. The Balaban J connectivity index is 2.12. The Kier molecular flexibility index (Phi) is 4.50. The summed E-state index contributed by atoms with van der Waals surface area (Å²) in [6.45, 7) is 5.45. The molecule has 2 aliphatic rings. The predicted molar refractivity (Wildman–Crippen MR) is 69.5 cm³/mol. The van der Waals surface area contributed by atoms with Crippen LogP contribution in [0.4, 0.5) is 0 Å². The summed E-state index contributed by atoms with van der Waals surface area (Å²) in [5.41, 5.74) is -0.323. The number of thioether (sulfide) groups is 1. The van der Waals surface area contributed by atoms with Gasteiger partial charge in [0.15, 0.2) is 5.17 Å². The van der Waals surface area contributed by atoms with Crippen LogP contribution in [0.25, 0.3) is 0 Å². The molecule has 0 amide bonds. The van der Waals surface area contributed by atoms with Gasteiger partial charge in [0.2, 0.25) is 0 Å². The summed E-state index contributed by atoms with van der Waals surface area (Å²) in [6, 6.07) is -0.455. The van der Waals surface area contributed by atoms with Crippen molar-refractivity contribution in [3.05, 3.63) is 0 Å². The quantitative estimate of drug-likeness (QED) is 0.628. The molecule has 2 aliphatic heterocycles. The maximum atomic E-state index is 10.0. The zero-order chi connectivity index (χ0) is 13.3. The van der Waals surface area contributed by atoms with Gasteiger partial charge in [-0.05, 0) is 13.8 Å². The van der Waals surface area contributed by atoms with Crippen molar-refractivity contribution >= 4 is 16.9 Å². The molecule has 0 aromatic carbocycles. The zero-order valence-electron chi connectivity index (χ0n) is 10.6. The van der Waals surface area contributed by atoms with Gasteiger partial charge in [0, 0.05) is 13.1 Å². The molecule has 18 heavy (non-hydrogen) atoms. The highest BCUT2D eigenvalue weighted by atomic mass is 32.2. The summed E-state index contributed by atoms with van der Waals surface area (Å²) in [5.74, 6) is 0. The fourth-order valence-electron chi connectivity index (χ4n) is 2.21. The summed E-state index contributed by atoms with van der Waals surface area (Å²) in [5, 5.41) is 29.8. The van der Waals surface area contributed by atoms with E-state index in [0.717, 1.165) is 18.3 Å². The number of hydrogen-bond donors (Lipinski definition) is 3. The molecule has 1 fully saturated rings. The molecule has 0 aromatic rings. The molecule has 7 heteroatoms. The van der Waals surface area contributed by atoms with Crippen molar-refractivity contribution in [1.82, 2.24) is 4.90 Å². The van der Waals surface area contributed by atoms with Crippen molar-refractivity contribution < 1.29 is 20.1 Å². The van der Waals surface area contributed by atoms with Gasteiger partial charge < -0.3 is 25.0 Å². The number of aliphatic hydroxyl groups is 3. The molecule has 0 saturated carbocycles. The van der Waals surface area contributed by atoms with E-state index in [1.165, 1.54) is 11.8 Å². The zero-order valence-corrected chi connectivity index (χ0v) is 11.4. The van der Waals surface area contributed by atoms with Gasteiger partial charge in [-0.3, -0.25) is 4.99 Å². The molecule has 5 atom stereocenters.